The van der Waals surface area contributed by atoms with Crippen molar-refractivity contribution in [3.63, 3.8) is 0 Å². The lowest BCUT2D eigenvalue weighted by molar-refractivity contribution is -0.384. The molecule has 1 aliphatic rings. The Morgan fingerprint density at radius 2 is 1.92 bits per heavy atom. The molecule has 2 aromatic rings. The Kier molecular flexibility index (Phi) is 4.71. The highest BCUT2D eigenvalue weighted by molar-refractivity contribution is 6.31. The minimum atomic E-state index is -4.36. The van der Waals surface area contributed by atoms with Gasteiger partial charge in [0.15, 0.2) is 0 Å². The molecule has 0 unspecified atom stereocenters. The molecule has 8 heteroatoms. The number of alkyl halides is 3. The van der Waals surface area contributed by atoms with E-state index in [0.29, 0.717) is 37.2 Å². The molecule has 0 amide bonds. The van der Waals surface area contributed by atoms with Crippen LogP contribution in [0.1, 0.15) is 22.3 Å². The molecule has 1 aliphatic heterocycles. The van der Waals surface area contributed by atoms with Gasteiger partial charge in [0.2, 0.25) is 0 Å². The molecule has 0 radical (unpaired) electrons. The molecule has 0 saturated heterocycles. The molecule has 0 bridgehead atoms. The molecular weight excluding hydrogens is 357 g/mol. The fourth-order valence-electron chi connectivity index (χ4n) is 2.95. The summed E-state index contributed by atoms with van der Waals surface area (Å²) in [6.07, 6.45) is -3.71. The van der Waals surface area contributed by atoms with E-state index in [-0.39, 0.29) is 10.7 Å². The third-order valence-corrected chi connectivity index (χ3v) is 4.62. The van der Waals surface area contributed by atoms with Crippen molar-refractivity contribution in [3.8, 4) is 0 Å². The van der Waals surface area contributed by atoms with E-state index in [9.17, 15) is 23.3 Å². The van der Waals surface area contributed by atoms with E-state index < -0.39 is 16.7 Å². The highest BCUT2D eigenvalue weighted by Gasteiger charge is 2.31. The van der Waals surface area contributed by atoms with Gasteiger partial charge >= 0.3 is 6.18 Å². The average molecular weight is 371 g/mol. The summed E-state index contributed by atoms with van der Waals surface area (Å²) >= 11 is 6.10. The fourth-order valence-corrected chi connectivity index (χ4v) is 3.18. The summed E-state index contributed by atoms with van der Waals surface area (Å²) in [7, 11) is 0. The molecule has 0 aliphatic carbocycles. The summed E-state index contributed by atoms with van der Waals surface area (Å²) in [5.41, 5.74) is 1.54. The number of hydrogen-bond donors (Lipinski definition) is 0. The molecule has 0 spiro atoms. The van der Waals surface area contributed by atoms with E-state index in [1.807, 2.05) is 4.90 Å². The van der Waals surface area contributed by atoms with Gasteiger partial charge in [0, 0.05) is 31.8 Å². The highest BCUT2D eigenvalue weighted by atomic mass is 35.5. The van der Waals surface area contributed by atoms with Crippen LogP contribution in [0, 0.1) is 10.1 Å². The standard InChI is InChI=1S/C17H14ClF3N2O2/c18-16-8-15(23(24)25)4-2-12(16)9-22-6-5-11-1-3-14(17(19,20)21)7-13(11)10-22/h1-4,7-8H,5-6,9-10H2. The first kappa shape index (κ1) is 17.7. The van der Waals surface area contributed by atoms with Crippen molar-refractivity contribution in [2.45, 2.75) is 25.7 Å². The number of nitro benzene ring substituents is 1. The number of nitrogens with zero attached hydrogens (tertiary/aromatic N) is 2. The van der Waals surface area contributed by atoms with Gasteiger partial charge in [-0.2, -0.15) is 13.2 Å². The first-order valence-electron chi connectivity index (χ1n) is 7.58. The van der Waals surface area contributed by atoms with Crippen molar-refractivity contribution in [1.82, 2.24) is 4.90 Å². The Bertz CT molecular complexity index is 824. The second kappa shape index (κ2) is 6.65. The van der Waals surface area contributed by atoms with Crippen LogP contribution < -0.4 is 0 Å². The van der Waals surface area contributed by atoms with Gasteiger partial charge in [-0.1, -0.05) is 17.7 Å². The summed E-state index contributed by atoms with van der Waals surface area (Å²) in [5, 5.41) is 11.0. The van der Waals surface area contributed by atoms with E-state index in [1.165, 1.54) is 24.3 Å². The van der Waals surface area contributed by atoms with Crippen molar-refractivity contribution >= 4 is 17.3 Å². The predicted molar refractivity (Wildman–Crippen MR) is 87.4 cm³/mol. The summed E-state index contributed by atoms with van der Waals surface area (Å²) in [5.74, 6) is 0. The van der Waals surface area contributed by atoms with Crippen LogP contribution >= 0.6 is 11.6 Å². The van der Waals surface area contributed by atoms with Gasteiger partial charge in [-0.3, -0.25) is 15.0 Å². The van der Waals surface area contributed by atoms with Crippen LogP contribution in [0.5, 0.6) is 0 Å². The topological polar surface area (TPSA) is 46.4 Å². The summed E-state index contributed by atoms with van der Waals surface area (Å²) < 4.78 is 38.6. The number of non-ortho nitro benzene ring substituents is 1. The number of halogens is 4. The molecule has 0 saturated carbocycles. The smallest absolute Gasteiger partial charge is 0.294 e. The van der Waals surface area contributed by atoms with Crippen LogP contribution in [0.15, 0.2) is 36.4 Å². The lowest BCUT2D eigenvalue weighted by Crippen LogP contribution is -2.30. The van der Waals surface area contributed by atoms with Crippen molar-refractivity contribution in [3.05, 3.63) is 73.8 Å². The highest BCUT2D eigenvalue weighted by Crippen LogP contribution is 2.32. The van der Waals surface area contributed by atoms with E-state index in [0.717, 1.165) is 11.6 Å². The quantitative estimate of drug-likeness (QED) is 0.574. The van der Waals surface area contributed by atoms with Gasteiger partial charge in [-0.15, -0.1) is 0 Å². The van der Waals surface area contributed by atoms with E-state index >= 15 is 0 Å². The van der Waals surface area contributed by atoms with Crippen molar-refractivity contribution in [2.24, 2.45) is 0 Å². The molecule has 0 fully saturated rings. The average Bonchev–Trinajstić information content (AvgIpc) is 2.55. The van der Waals surface area contributed by atoms with E-state index in [4.69, 9.17) is 11.6 Å². The van der Waals surface area contributed by atoms with Crippen molar-refractivity contribution in [2.75, 3.05) is 6.54 Å². The number of hydrogen-bond acceptors (Lipinski definition) is 3. The minimum Gasteiger partial charge on any atom is -0.294 e. The molecule has 0 N–H and O–H groups in total. The third kappa shape index (κ3) is 3.93. The van der Waals surface area contributed by atoms with Crippen molar-refractivity contribution in [1.29, 1.82) is 0 Å². The summed E-state index contributed by atoms with van der Waals surface area (Å²) in [4.78, 5) is 12.2. The number of benzene rings is 2. The Hall–Kier alpha value is -2.12. The Morgan fingerprint density at radius 3 is 2.56 bits per heavy atom. The largest absolute Gasteiger partial charge is 0.416 e. The molecule has 3 rings (SSSR count). The molecule has 1 heterocycles. The van der Waals surface area contributed by atoms with Crippen molar-refractivity contribution < 1.29 is 18.1 Å². The molecule has 2 aromatic carbocycles. The van der Waals surface area contributed by atoms with Gasteiger partial charge < -0.3 is 0 Å². The van der Waals surface area contributed by atoms with Crippen LogP contribution in [0.3, 0.4) is 0 Å². The van der Waals surface area contributed by atoms with Gasteiger partial charge in [0.25, 0.3) is 5.69 Å². The zero-order valence-electron chi connectivity index (χ0n) is 13.0. The number of nitro groups is 1. The fraction of sp³-hybridized carbons (Fsp3) is 0.294. The maximum Gasteiger partial charge on any atom is 0.416 e. The van der Waals surface area contributed by atoms with Gasteiger partial charge in [-0.25, -0.2) is 0 Å². The summed E-state index contributed by atoms with van der Waals surface area (Å²) in [6, 6.07) is 8.09. The molecule has 4 nitrogen and oxygen atoms in total. The molecule has 132 valence electrons. The normalized spacial score (nSPS) is 15.0. The third-order valence-electron chi connectivity index (χ3n) is 4.27. The van der Waals surface area contributed by atoms with Gasteiger partial charge in [-0.05, 0) is 41.3 Å². The Labute approximate surface area is 147 Å². The number of fused-ring (bicyclic) bond motifs is 1. The SMILES string of the molecule is O=[N+]([O-])c1ccc(CN2CCc3ccc(C(F)(F)F)cc3C2)c(Cl)c1. The van der Waals surface area contributed by atoms with Crippen LogP contribution in [0.25, 0.3) is 0 Å². The van der Waals surface area contributed by atoms with E-state index in [1.54, 1.807) is 6.07 Å². The Morgan fingerprint density at radius 1 is 1.16 bits per heavy atom. The lowest BCUT2D eigenvalue weighted by atomic mass is 9.97. The molecule has 25 heavy (non-hydrogen) atoms. The second-order valence-corrected chi connectivity index (χ2v) is 6.38. The Balaban J connectivity index is 1.78. The zero-order chi connectivity index (χ0) is 18.2. The van der Waals surface area contributed by atoms with Crippen LogP contribution in [0.4, 0.5) is 18.9 Å². The molecular formula is C17H14ClF3N2O2. The first-order chi connectivity index (χ1) is 11.7. The number of rotatable bonds is 3. The van der Waals surface area contributed by atoms with Crippen LogP contribution in [-0.2, 0) is 25.7 Å². The second-order valence-electron chi connectivity index (χ2n) is 5.97. The lowest BCUT2D eigenvalue weighted by Gasteiger charge is -2.29. The maximum absolute atomic E-state index is 12.9. The monoisotopic (exact) mass is 370 g/mol. The van der Waals surface area contributed by atoms with Crippen LogP contribution in [-0.4, -0.2) is 16.4 Å². The van der Waals surface area contributed by atoms with E-state index in [2.05, 4.69) is 0 Å². The first-order valence-corrected chi connectivity index (χ1v) is 7.96. The molecule has 0 aromatic heterocycles. The minimum absolute atomic E-state index is 0.0902. The summed E-state index contributed by atoms with van der Waals surface area (Å²) in [6.45, 7) is 1.49. The van der Waals surface area contributed by atoms with Gasteiger partial charge in [0.1, 0.15) is 0 Å². The van der Waals surface area contributed by atoms with Crippen LogP contribution in [0.2, 0.25) is 5.02 Å². The predicted octanol–water partition coefficient (Wildman–Crippen LogP) is 4.83. The molecule has 0 atom stereocenters. The van der Waals surface area contributed by atoms with Gasteiger partial charge in [0.05, 0.1) is 15.5 Å². The zero-order valence-corrected chi connectivity index (χ0v) is 13.8. The maximum atomic E-state index is 12.9.